The molecule has 2 aliphatic heterocycles. The van der Waals surface area contributed by atoms with Gasteiger partial charge in [0.05, 0.1) is 18.2 Å². The maximum absolute atomic E-state index is 14.1. The van der Waals surface area contributed by atoms with Crippen LogP contribution in [0.4, 0.5) is 18.4 Å². The highest BCUT2D eigenvalue weighted by Crippen LogP contribution is 2.38. The van der Waals surface area contributed by atoms with Crippen LogP contribution in [0.1, 0.15) is 152 Å². The number of aliphatic hydroxyl groups excluding tert-OH is 1. The predicted octanol–water partition coefficient (Wildman–Crippen LogP) is 14.0. The molecule has 4 rings (SSSR count). The number of ether oxygens (including phenoxy) is 2. The van der Waals surface area contributed by atoms with Crippen molar-refractivity contribution in [2.75, 3.05) is 26.3 Å². The van der Waals surface area contributed by atoms with E-state index in [0.29, 0.717) is 38.1 Å². The van der Waals surface area contributed by atoms with Crippen LogP contribution in [0, 0.1) is 11.6 Å². The van der Waals surface area contributed by atoms with Gasteiger partial charge < -0.3 is 33.1 Å². The topological polar surface area (TPSA) is 115 Å². The van der Waals surface area contributed by atoms with Gasteiger partial charge in [-0.25, -0.2) is 18.4 Å². The first-order chi connectivity index (χ1) is 29.7. The van der Waals surface area contributed by atoms with Crippen LogP contribution in [-0.4, -0.2) is 99.6 Å². The fourth-order valence-electron chi connectivity index (χ4n) is 6.76. The van der Waals surface area contributed by atoms with E-state index >= 15 is 0 Å². The number of nitrogens with zero attached hydrogens (tertiary/aromatic N) is 2. The van der Waals surface area contributed by atoms with Gasteiger partial charge >= 0.3 is 12.2 Å². The zero-order chi connectivity index (χ0) is 49.8. The molecule has 2 amide bonds. The second-order valence-corrected chi connectivity index (χ2v) is 32.8. The lowest BCUT2D eigenvalue weighted by Gasteiger charge is -2.36. The standard InChI is InChI=1S/C25H42FNO4Si.C15H24BrFOSi.C10H17NO3.CH4/c1-24(2,3)31-23(29)27-15-9-12-21(27)22(28)20-17-19(26)14-13-18(20)11-10-16-30-32(7,8)25(4,5)6;1-15(2,3)19(4,5)18-10-6-7-12-8-9-13(17)11-14(12)16;1-10(2,3)14-9(13)11-6-4-5-8(11)7-12;/h13-14,17,21-22,28H,9-12,15-16H2,1-8H3;8-9,11H,6-7,10H2,1-5H3;7-8H,4-6H2,1-3H3;1H4/t21-,22?;;8-;/m0.0./s1. The summed E-state index contributed by atoms with van der Waals surface area (Å²) in [5, 5.41) is 11.6. The molecule has 0 radical (unpaired) electrons. The number of carbonyl (C=O) groups is 3. The quantitative estimate of drug-likeness (QED) is 0.120. The molecule has 15 heteroatoms. The summed E-state index contributed by atoms with van der Waals surface area (Å²) in [6.07, 6.45) is 5.47. The summed E-state index contributed by atoms with van der Waals surface area (Å²) < 4.78 is 51.0. The van der Waals surface area contributed by atoms with Crippen LogP contribution >= 0.6 is 15.9 Å². The van der Waals surface area contributed by atoms with E-state index in [9.17, 15) is 28.3 Å². The third-order valence-corrected chi connectivity index (χ3v) is 22.4. The van der Waals surface area contributed by atoms with E-state index in [2.05, 4.69) is 83.7 Å². The number of amides is 2. The van der Waals surface area contributed by atoms with Gasteiger partial charge in [0, 0.05) is 30.8 Å². The number of likely N-dealkylation sites (tertiary alicyclic amines) is 2. The van der Waals surface area contributed by atoms with Gasteiger partial charge in [0.1, 0.15) is 29.1 Å². The molecule has 378 valence electrons. The zero-order valence-electron chi connectivity index (χ0n) is 42.6. The molecule has 2 saturated heterocycles. The first kappa shape index (κ1) is 61.3. The van der Waals surface area contributed by atoms with Gasteiger partial charge in [0.25, 0.3) is 0 Å². The van der Waals surface area contributed by atoms with Gasteiger partial charge in [-0.2, -0.15) is 0 Å². The third kappa shape index (κ3) is 20.1. The van der Waals surface area contributed by atoms with Crippen molar-refractivity contribution in [2.24, 2.45) is 0 Å². The van der Waals surface area contributed by atoms with Crippen molar-refractivity contribution in [1.82, 2.24) is 9.80 Å². The number of benzene rings is 2. The fourth-order valence-corrected chi connectivity index (χ4v) is 9.49. The Hall–Kier alpha value is -2.70. The Labute approximate surface area is 408 Å². The van der Waals surface area contributed by atoms with E-state index in [-0.39, 0.29) is 41.3 Å². The molecule has 0 bridgehead atoms. The third-order valence-electron chi connectivity index (χ3n) is 12.5. The van der Waals surface area contributed by atoms with Crippen LogP contribution in [-0.2, 0) is 36.0 Å². The van der Waals surface area contributed by atoms with Crippen molar-refractivity contribution >= 4 is 51.0 Å². The molecular formula is C51H87BrF2N2O8Si2. The summed E-state index contributed by atoms with van der Waals surface area (Å²) in [4.78, 5) is 38.0. The number of rotatable bonds is 13. The van der Waals surface area contributed by atoms with E-state index < -0.39 is 46.1 Å². The summed E-state index contributed by atoms with van der Waals surface area (Å²) in [5.41, 5.74) is 1.49. The Morgan fingerprint density at radius 2 is 1.15 bits per heavy atom. The van der Waals surface area contributed by atoms with E-state index in [1.165, 1.54) is 29.2 Å². The average Bonchev–Trinajstić information content (AvgIpc) is 3.85. The van der Waals surface area contributed by atoms with Gasteiger partial charge in [-0.05, 0) is 170 Å². The summed E-state index contributed by atoms with van der Waals surface area (Å²) >= 11 is 3.40. The van der Waals surface area contributed by atoms with E-state index in [1.54, 1.807) is 11.0 Å². The lowest BCUT2D eigenvalue weighted by atomic mass is 9.93. The number of aryl methyl sites for hydroxylation is 2. The molecule has 0 aliphatic carbocycles. The van der Waals surface area contributed by atoms with Gasteiger partial charge in [-0.3, -0.25) is 4.90 Å². The largest absolute Gasteiger partial charge is 0.444 e. The Bertz CT molecular complexity index is 1840. The number of aliphatic hydroxyl groups is 1. The van der Waals surface area contributed by atoms with Gasteiger partial charge in [0.15, 0.2) is 16.6 Å². The number of hydrogen-bond donors (Lipinski definition) is 1. The molecule has 3 atom stereocenters. The monoisotopic (exact) mass is 1030 g/mol. The normalized spacial score (nSPS) is 17.5. The van der Waals surface area contributed by atoms with E-state index in [4.69, 9.17) is 18.3 Å². The highest BCUT2D eigenvalue weighted by atomic mass is 79.9. The van der Waals surface area contributed by atoms with E-state index in [0.717, 1.165) is 67.0 Å². The van der Waals surface area contributed by atoms with Gasteiger partial charge in [0.2, 0.25) is 0 Å². The van der Waals surface area contributed by atoms with Crippen molar-refractivity contribution in [3.05, 3.63) is 69.2 Å². The van der Waals surface area contributed by atoms with Crippen molar-refractivity contribution in [1.29, 1.82) is 0 Å². The van der Waals surface area contributed by atoms with Gasteiger partial charge in [-0.1, -0.05) is 77.0 Å². The summed E-state index contributed by atoms with van der Waals surface area (Å²) in [6.45, 7) is 35.8. The second-order valence-electron chi connectivity index (χ2n) is 22.4. The van der Waals surface area contributed by atoms with Crippen molar-refractivity contribution in [3.63, 3.8) is 0 Å². The minimum Gasteiger partial charge on any atom is -0.444 e. The van der Waals surface area contributed by atoms with Crippen LogP contribution in [0.15, 0.2) is 40.9 Å². The van der Waals surface area contributed by atoms with Gasteiger partial charge in [-0.15, -0.1) is 0 Å². The van der Waals surface area contributed by atoms with Crippen molar-refractivity contribution < 1.29 is 46.6 Å². The predicted molar refractivity (Wildman–Crippen MR) is 273 cm³/mol. The molecule has 1 unspecified atom stereocenters. The fraction of sp³-hybridized carbons (Fsp3) is 0.706. The molecule has 66 heavy (non-hydrogen) atoms. The SMILES string of the molecule is C.CC(C)(C)OC(=O)N1CCC[C@H]1C(O)c1cc(F)ccc1CCCO[Si](C)(C)C(C)(C)C.CC(C)(C)OC(=O)N1CCC[C@H]1C=O.CC(C)(C)[Si](C)(C)OCCCc1ccc(F)cc1Br. The first-order valence-corrected chi connectivity index (χ1v) is 29.9. The Balaban J connectivity index is 0.000000543. The average molecular weight is 1030 g/mol. The maximum Gasteiger partial charge on any atom is 0.410 e. The minimum atomic E-state index is -1.82. The molecule has 2 aliphatic rings. The maximum atomic E-state index is 14.1. The Morgan fingerprint density at radius 3 is 1.61 bits per heavy atom. The van der Waals surface area contributed by atoms with Crippen LogP contribution in [0.3, 0.4) is 0 Å². The van der Waals surface area contributed by atoms with E-state index in [1.807, 2.05) is 47.6 Å². The van der Waals surface area contributed by atoms with Crippen molar-refractivity contribution in [3.8, 4) is 0 Å². The minimum absolute atomic E-state index is 0. The highest BCUT2D eigenvalue weighted by molar-refractivity contribution is 9.10. The van der Waals surface area contributed by atoms with Crippen LogP contribution in [0.5, 0.6) is 0 Å². The first-order valence-electron chi connectivity index (χ1n) is 23.3. The Morgan fingerprint density at radius 1 is 0.727 bits per heavy atom. The molecular weight excluding hydrogens is 943 g/mol. The molecule has 1 N–H and O–H groups in total. The van der Waals surface area contributed by atoms with Crippen LogP contribution < -0.4 is 0 Å². The lowest BCUT2D eigenvalue weighted by molar-refractivity contribution is -0.111. The summed E-state index contributed by atoms with van der Waals surface area (Å²) in [7, 11) is -3.45. The molecule has 0 aromatic heterocycles. The van der Waals surface area contributed by atoms with Crippen molar-refractivity contribution in [2.45, 2.75) is 208 Å². The number of carbonyl (C=O) groups excluding carboxylic acids is 3. The lowest BCUT2D eigenvalue weighted by Crippen LogP contribution is -2.42. The van der Waals surface area contributed by atoms with Crippen LogP contribution in [0.2, 0.25) is 36.3 Å². The molecule has 2 aromatic carbocycles. The molecule has 0 spiro atoms. The second kappa shape index (κ2) is 25.8. The molecule has 2 fully saturated rings. The smallest absolute Gasteiger partial charge is 0.410 e. The Kier molecular flexibility index (Phi) is 24.0. The molecule has 10 nitrogen and oxygen atoms in total. The van der Waals surface area contributed by atoms with Crippen LogP contribution in [0.25, 0.3) is 0 Å². The zero-order valence-corrected chi connectivity index (χ0v) is 46.2. The molecule has 2 heterocycles. The number of aldehydes is 1. The molecule has 0 saturated carbocycles. The summed E-state index contributed by atoms with van der Waals surface area (Å²) in [6, 6.07) is 8.73. The summed E-state index contributed by atoms with van der Waals surface area (Å²) in [5.74, 6) is -0.588. The molecule has 2 aromatic rings. The number of halogens is 3. The number of hydrogen-bond acceptors (Lipinski definition) is 8. The highest BCUT2D eigenvalue weighted by Gasteiger charge is 2.40.